The predicted octanol–water partition coefficient (Wildman–Crippen LogP) is 1.22. The Kier molecular flexibility index (Phi) is 5.36. The van der Waals surface area contributed by atoms with Crippen LogP contribution in [0.15, 0.2) is 18.2 Å². The molecule has 1 rings (SSSR count). The molecular weight excluding hydrogens is 242 g/mol. The summed E-state index contributed by atoms with van der Waals surface area (Å²) in [6.07, 6.45) is 0.276. The van der Waals surface area contributed by atoms with Crippen molar-refractivity contribution in [2.24, 2.45) is 0 Å². The molecule has 1 aromatic carbocycles. The molecule has 104 valence electrons. The summed E-state index contributed by atoms with van der Waals surface area (Å²) < 4.78 is 0. The largest absolute Gasteiger partial charge is 0.399 e. The molecule has 0 aliphatic heterocycles. The molecule has 0 saturated carbocycles. The van der Waals surface area contributed by atoms with Gasteiger partial charge in [0.15, 0.2) is 0 Å². The Morgan fingerprint density at radius 2 is 2.00 bits per heavy atom. The molecule has 0 aromatic heterocycles. The second kappa shape index (κ2) is 6.78. The average Bonchev–Trinajstić information content (AvgIpc) is 2.27. The maximum atomic E-state index is 11.9. The van der Waals surface area contributed by atoms with E-state index in [9.17, 15) is 9.59 Å². The van der Waals surface area contributed by atoms with E-state index >= 15 is 0 Å². The number of amides is 2. The van der Waals surface area contributed by atoms with Gasteiger partial charge in [-0.05, 0) is 44.5 Å². The van der Waals surface area contributed by atoms with Crippen LogP contribution in [0.3, 0.4) is 0 Å². The molecule has 0 fully saturated rings. The van der Waals surface area contributed by atoms with Crippen LogP contribution in [0.5, 0.6) is 0 Å². The second-order valence-corrected chi connectivity index (χ2v) is 4.80. The quantitative estimate of drug-likeness (QED) is 0.698. The Morgan fingerprint density at radius 3 is 2.58 bits per heavy atom. The highest BCUT2D eigenvalue weighted by molar-refractivity contribution is 5.96. The molecule has 5 heteroatoms. The van der Waals surface area contributed by atoms with Crippen LogP contribution in [0.2, 0.25) is 0 Å². The zero-order valence-electron chi connectivity index (χ0n) is 11.6. The molecular formula is C14H21N3O2. The van der Waals surface area contributed by atoms with Crippen molar-refractivity contribution in [2.45, 2.75) is 33.2 Å². The summed E-state index contributed by atoms with van der Waals surface area (Å²) in [6.45, 7) is 5.94. The fourth-order valence-electron chi connectivity index (χ4n) is 1.72. The van der Waals surface area contributed by atoms with Crippen LogP contribution in [-0.4, -0.2) is 24.4 Å². The van der Waals surface area contributed by atoms with Gasteiger partial charge in [0.1, 0.15) is 0 Å². The molecule has 5 nitrogen and oxygen atoms in total. The number of nitrogens with two attached hydrogens (primary N) is 1. The van der Waals surface area contributed by atoms with E-state index in [-0.39, 0.29) is 24.3 Å². The summed E-state index contributed by atoms with van der Waals surface area (Å²) in [6, 6.07) is 5.24. The lowest BCUT2D eigenvalue weighted by atomic mass is 10.1. The molecule has 0 bridgehead atoms. The highest BCUT2D eigenvalue weighted by Crippen LogP contribution is 2.12. The minimum absolute atomic E-state index is 0.0654. The van der Waals surface area contributed by atoms with Gasteiger partial charge >= 0.3 is 0 Å². The molecule has 0 heterocycles. The predicted molar refractivity (Wildman–Crippen MR) is 75.8 cm³/mol. The van der Waals surface area contributed by atoms with Gasteiger partial charge in [0, 0.05) is 30.3 Å². The van der Waals surface area contributed by atoms with E-state index in [1.165, 1.54) is 0 Å². The molecule has 19 heavy (non-hydrogen) atoms. The maximum Gasteiger partial charge on any atom is 0.251 e. The van der Waals surface area contributed by atoms with Crippen LogP contribution in [0.1, 0.15) is 36.2 Å². The van der Waals surface area contributed by atoms with Gasteiger partial charge in [0.05, 0.1) is 0 Å². The third-order valence-electron chi connectivity index (χ3n) is 2.58. The normalized spacial score (nSPS) is 10.3. The van der Waals surface area contributed by atoms with Crippen LogP contribution >= 0.6 is 0 Å². The number of carbonyl (C=O) groups is 2. The first-order valence-corrected chi connectivity index (χ1v) is 6.34. The second-order valence-electron chi connectivity index (χ2n) is 4.80. The molecule has 4 N–H and O–H groups in total. The molecule has 0 atom stereocenters. The Bertz CT molecular complexity index is 470. The van der Waals surface area contributed by atoms with Crippen molar-refractivity contribution >= 4 is 17.5 Å². The van der Waals surface area contributed by atoms with Gasteiger partial charge in [-0.15, -0.1) is 0 Å². The van der Waals surface area contributed by atoms with Crippen molar-refractivity contribution in [1.82, 2.24) is 10.6 Å². The molecule has 0 unspecified atom stereocenters. The summed E-state index contributed by atoms with van der Waals surface area (Å²) >= 11 is 0. The summed E-state index contributed by atoms with van der Waals surface area (Å²) in [5.41, 5.74) is 7.66. The lowest BCUT2D eigenvalue weighted by Crippen LogP contribution is -2.34. The number of hydrogen-bond acceptors (Lipinski definition) is 3. The first kappa shape index (κ1) is 15.0. The Hall–Kier alpha value is -2.04. The summed E-state index contributed by atoms with van der Waals surface area (Å²) in [4.78, 5) is 23.3. The van der Waals surface area contributed by atoms with Crippen LogP contribution in [0.4, 0.5) is 5.69 Å². The van der Waals surface area contributed by atoms with Crippen LogP contribution in [0.25, 0.3) is 0 Å². The lowest BCUT2D eigenvalue weighted by Gasteiger charge is -2.10. The average molecular weight is 263 g/mol. The number of anilines is 1. The first-order valence-electron chi connectivity index (χ1n) is 6.34. The molecule has 0 spiro atoms. The van der Waals surface area contributed by atoms with Crippen LogP contribution in [0, 0.1) is 6.92 Å². The molecule has 1 aromatic rings. The SMILES string of the molecule is Cc1cc(N)ccc1C(=O)NCCC(=O)NC(C)C. The summed E-state index contributed by atoms with van der Waals surface area (Å²) in [5, 5.41) is 5.49. The topological polar surface area (TPSA) is 84.2 Å². The van der Waals surface area contributed by atoms with Crippen LogP contribution < -0.4 is 16.4 Å². The molecule has 0 aliphatic rings. The van der Waals surface area contributed by atoms with Crippen molar-refractivity contribution in [3.8, 4) is 0 Å². The maximum absolute atomic E-state index is 11.9. The van der Waals surface area contributed by atoms with Crippen LogP contribution in [-0.2, 0) is 4.79 Å². The minimum atomic E-state index is -0.185. The van der Waals surface area contributed by atoms with Crippen molar-refractivity contribution < 1.29 is 9.59 Å². The third kappa shape index (κ3) is 4.99. The van der Waals surface area contributed by atoms with Crippen molar-refractivity contribution in [2.75, 3.05) is 12.3 Å². The summed E-state index contributed by atoms with van der Waals surface area (Å²) in [7, 11) is 0. The van der Waals surface area contributed by atoms with E-state index in [2.05, 4.69) is 10.6 Å². The molecule has 0 aliphatic carbocycles. The van der Waals surface area contributed by atoms with Crippen molar-refractivity contribution in [3.63, 3.8) is 0 Å². The Morgan fingerprint density at radius 1 is 1.32 bits per heavy atom. The van der Waals surface area contributed by atoms with Gasteiger partial charge in [0.25, 0.3) is 5.91 Å². The van der Waals surface area contributed by atoms with E-state index in [1.54, 1.807) is 18.2 Å². The zero-order chi connectivity index (χ0) is 14.4. The third-order valence-corrected chi connectivity index (χ3v) is 2.58. The fraction of sp³-hybridized carbons (Fsp3) is 0.429. The van der Waals surface area contributed by atoms with Gasteiger partial charge < -0.3 is 16.4 Å². The number of carbonyl (C=O) groups excluding carboxylic acids is 2. The van der Waals surface area contributed by atoms with Gasteiger partial charge in [-0.1, -0.05) is 0 Å². The fourth-order valence-corrected chi connectivity index (χ4v) is 1.72. The Labute approximate surface area is 113 Å². The standard InChI is InChI=1S/C14H21N3O2/c1-9(2)17-13(18)6-7-16-14(19)12-5-4-11(15)8-10(12)3/h4-5,8-9H,6-7,15H2,1-3H3,(H,16,19)(H,17,18). The van der Waals surface area contributed by atoms with Gasteiger partial charge in [-0.25, -0.2) is 0 Å². The van der Waals surface area contributed by atoms with Gasteiger partial charge in [-0.3, -0.25) is 9.59 Å². The van der Waals surface area contributed by atoms with Gasteiger partial charge in [-0.2, -0.15) is 0 Å². The monoisotopic (exact) mass is 263 g/mol. The van der Waals surface area contributed by atoms with Crippen molar-refractivity contribution in [1.29, 1.82) is 0 Å². The number of benzene rings is 1. The number of nitrogens with one attached hydrogen (secondary N) is 2. The molecule has 0 saturated heterocycles. The number of rotatable bonds is 5. The minimum Gasteiger partial charge on any atom is -0.399 e. The van der Waals surface area contributed by atoms with E-state index in [0.717, 1.165) is 5.56 Å². The number of hydrogen-bond donors (Lipinski definition) is 3. The van der Waals surface area contributed by atoms with E-state index < -0.39 is 0 Å². The Balaban J connectivity index is 2.45. The van der Waals surface area contributed by atoms with Crippen molar-refractivity contribution in [3.05, 3.63) is 29.3 Å². The number of aryl methyl sites for hydroxylation is 1. The summed E-state index contributed by atoms with van der Waals surface area (Å²) in [5.74, 6) is -0.251. The molecule has 2 amide bonds. The van der Waals surface area contributed by atoms with E-state index in [1.807, 2.05) is 20.8 Å². The highest BCUT2D eigenvalue weighted by Gasteiger charge is 2.09. The zero-order valence-corrected chi connectivity index (χ0v) is 11.6. The smallest absolute Gasteiger partial charge is 0.251 e. The molecule has 0 radical (unpaired) electrons. The lowest BCUT2D eigenvalue weighted by molar-refractivity contribution is -0.121. The van der Waals surface area contributed by atoms with Gasteiger partial charge in [0.2, 0.25) is 5.91 Å². The van der Waals surface area contributed by atoms with E-state index in [0.29, 0.717) is 17.8 Å². The highest BCUT2D eigenvalue weighted by atomic mass is 16.2. The van der Waals surface area contributed by atoms with E-state index in [4.69, 9.17) is 5.73 Å². The first-order chi connectivity index (χ1) is 8.90. The number of nitrogen functional groups attached to an aromatic ring is 1.